The molecule has 0 saturated heterocycles. The van der Waals surface area contributed by atoms with E-state index >= 15 is 0 Å². The summed E-state index contributed by atoms with van der Waals surface area (Å²) >= 11 is 0. The number of alkyl halides is 6. The molecule has 0 aliphatic rings. The van der Waals surface area contributed by atoms with Crippen molar-refractivity contribution in [2.45, 2.75) is 63.3 Å². The van der Waals surface area contributed by atoms with E-state index in [0.29, 0.717) is 0 Å². The Morgan fingerprint density at radius 3 is 1.52 bits per heavy atom. The zero-order valence-electron chi connectivity index (χ0n) is 12.2. The zero-order valence-corrected chi connectivity index (χ0v) is 13.2. The standard InChI is InChI=1S/C11H18F6O3Si/c1-8(2,3)21(4,5)20-9(6-7(18)19,10(12,13)14)11(15,16)17/h6H2,1-5H3,(H,18,19). The number of rotatable bonds is 4. The van der Waals surface area contributed by atoms with Gasteiger partial charge in [0.05, 0.1) is 6.42 Å². The molecule has 3 nitrogen and oxygen atoms in total. The van der Waals surface area contributed by atoms with Gasteiger partial charge in [-0.3, -0.25) is 4.79 Å². The molecule has 0 unspecified atom stereocenters. The van der Waals surface area contributed by atoms with Gasteiger partial charge in [0.15, 0.2) is 8.32 Å². The van der Waals surface area contributed by atoms with Crippen molar-refractivity contribution in [2.75, 3.05) is 0 Å². The Hall–Kier alpha value is -0.773. The fourth-order valence-electron chi connectivity index (χ4n) is 1.31. The summed E-state index contributed by atoms with van der Waals surface area (Å²) in [5, 5.41) is 7.56. The van der Waals surface area contributed by atoms with Crippen molar-refractivity contribution in [1.82, 2.24) is 0 Å². The van der Waals surface area contributed by atoms with E-state index < -0.39 is 43.7 Å². The fraction of sp³-hybridized carbons (Fsp3) is 0.909. The van der Waals surface area contributed by atoms with Crippen LogP contribution in [0.5, 0.6) is 0 Å². The van der Waals surface area contributed by atoms with Crippen LogP contribution in [0.15, 0.2) is 0 Å². The maximum absolute atomic E-state index is 13.1. The topological polar surface area (TPSA) is 46.5 Å². The highest BCUT2D eigenvalue weighted by Crippen LogP contribution is 2.52. The minimum absolute atomic E-state index is 0.951. The van der Waals surface area contributed by atoms with Gasteiger partial charge in [-0.05, 0) is 18.1 Å². The van der Waals surface area contributed by atoms with Gasteiger partial charge in [0.2, 0.25) is 0 Å². The molecule has 0 aromatic heterocycles. The van der Waals surface area contributed by atoms with E-state index in [0.717, 1.165) is 0 Å². The van der Waals surface area contributed by atoms with E-state index in [1.54, 1.807) is 0 Å². The first kappa shape index (κ1) is 20.2. The first-order valence-electron chi connectivity index (χ1n) is 5.93. The van der Waals surface area contributed by atoms with Crippen LogP contribution in [-0.2, 0) is 9.22 Å². The highest BCUT2D eigenvalue weighted by Gasteiger charge is 2.74. The van der Waals surface area contributed by atoms with Crippen LogP contribution < -0.4 is 0 Å². The third-order valence-electron chi connectivity index (χ3n) is 3.55. The van der Waals surface area contributed by atoms with Gasteiger partial charge in [-0.25, -0.2) is 0 Å². The average molecular weight is 340 g/mol. The Morgan fingerprint density at radius 1 is 1.00 bits per heavy atom. The van der Waals surface area contributed by atoms with E-state index in [4.69, 9.17) is 5.11 Å². The molecule has 0 aliphatic carbocycles. The van der Waals surface area contributed by atoms with E-state index in [9.17, 15) is 31.1 Å². The van der Waals surface area contributed by atoms with Crippen LogP contribution >= 0.6 is 0 Å². The third kappa shape index (κ3) is 4.12. The molecule has 126 valence electrons. The number of carboxylic acids is 1. The molecule has 0 amide bonds. The minimum atomic E-state index is -5.89. The average Bonchev–Trinajstić information content (AvgIpc) is 2.09. The second-order valence-corrected chi connectivity index (χ2v) is 11.0. The lowest BCUT2D eigenvalue weighted by molar-refractivity contribution is -0.361. The van der Waals surface area contributed by atoms with Crippen molar-refractivity contribution < 1.29 is 40.7 Å². The molecule has 0 saturated carbocycles. The van der Waals surface area contributed by atoms with Crippen LogP contribution in [0, 0.1) is 0 Å². The van der Waals surface area contributed by atoms with Gasteiger partial charge in [0.1, 0.15) is 0 Å². The zero-order chi connectivity index (χ0) is 17.5. The van der Waals surface area contributed by atoms with Crippen molar-refractivity contribution in [1.29, 1.82) is 0 Å². The summed E-state index contributed by atoms with van der Waals surface area (Å²) in [7, 11) is -3.53. The van der Waals surface area contributed by atoms with Gasteiger partial charge in [-0.15, -0.1) is 0 Å². The van der Waals surface area contributed by atoms with Crippen LogP contribution in [0.3, 0.4) is 0 Å². The number of hydrogen-bond acceptors (Lipinski definition) is 2. The van der Waals surface area contributed by atoms with Crippen LogP contribution in [0.25, 0.3) is 0 Å². The van der Waals surface area contributed by atoms with Gasteiger partial charge in [0, 0.05) is 0 Å². The van der Waals surface area contributed by atoms with Gasteiger partial charge >= 0.3 is 18.3 Å². The summed E-state index contributed by atoms with van der Waals surface area (Å²) in [6, 6.07) is 0. The molecule has 0 rings (SSSR count). The molecular weight excluding hydrogens is 322 g/mol. The number of carbonyl (C=O) groups is 1. The molecule has 1 N–H and O–H groups in total. The lowest BCUT2D eigenvalue weighted by Gasteiger charge is -2.46. The summed E-state index contributed by atoms with van der Waals surface area (Å²) in [5.41, 5.74) is -4.70. The Balaban J connectivity index is 6.11. The van der Waals surface area contributed by atoms with Crippen molar-refractivity contribution >= 4 is 14.3 Å². The summed E-state index contributed by atoms with van der Waals surface area (Å²) in [4.78, 5) is 10.6. The van der Waals surface area contributed by atoms with Crippen LogP contribution in [0.2, 0.25) is 18.1 Å². The Labute approximate surface area is 119 Å². The van der Waals surface area contributed by atoms with E-state index in [1.165, 1.54) is 33.9 Å². The molecule has 0 fully saturated rings. The van der Waals surface area contributed by atoms with E-state index in [2.05, 4.69) is 4.43 Å². The second-order valence-electron chi connectivity index (χ2n) is 6.26. The van der Waals surface area contributed by atoms with Crippen LogP contribution in [-0.4, -0.2) is 37.3 Å². The van der Waals surface area contributed by atoms with Crippen molar-refractivity contribution in [3.63, 3.8) is 0 Å². The molecule has 0 heterocycles. The fourth-order valence-corrected chi connectivity index (χ4v) is 2.80. The van der Waals surface area contributed by atoms with Crippen molar-refractivity contribution in [2.24, 2.45) is 0 Å². The summed E-state index contributed by atoms with van der Waals surface area (Å²) in [5.74, 6) is -2.23. The maximum atomic E-state index is 13.1. The van der Waals surface area contributed by atoms with Crippen molar-refractivity contribution in [3.8, 4) is 0 Å². The Morgan fingerprint density at radius 2 is 1.33 bits per heavy atom. The Bertz CT molecular complexity index is 380. The number of carboxylic acid groups (broad SMARTS) is 1. The number of aliphatic carboxylic acids is 1. The molecule has 0 aromatic carbocycles. The summed E-state index contributed by atoms with van der Waals surface area (Å²) in [6.45, 7) is 6.76. The molecule has 0 bridgehead atoms. The van der Waals surface area contributed by atoms with Gasteiger partial charge in [-0.2, -0.15) is 26.3 Å². The minimum Gasteiger partial charge on any atom is -0.481 e. The molecular formula is C11H18F6O3Si. The van der Waals surface area contributed by atoms with Gasteiger partial charge in [0.25, 0.3) is 5.60 Å². The molecule has 0 aliphatic heterocycles. The van der Waals surface area contributed by atoms with Gasteiger partial charge < -0.3 is 9.53 Å². The highest BCUT2D eigenvalue weighted by atomic mass is 28.4. The molecule has 21 heavy (non-hydrogen) atoms. The predicted octanol–water partition coefficient (Wildman–Crippen LogP) is 4.35. The number of hydrogen-bond donors (Lipinski definition) is 1. The lowest BCUT2D eigenvalue weighted by atomic mass is 9.98. The second kappa shape index (κ2) is 5.45. The Kier molecular flexibility index (Phi) is 5.25. The van der Waals surface area contributed by atoms with E-state index in [-0.39, 0.29) is 0 Å². The first-order chi connectivity index (χ1) is 8.87. The summed E-state index contributed by atoms with van der Waals surface area (Å²) in [6.07, 6.45) is -14.0. The predicted molar refractivity (Wildman–Crippen MR) is 65.4 cm³/mol. The lowest BCUT2D eigenvalue weighted by Crippen LogP contribution is -2.65. The van der Waals surface area contributed by atoms with Gasteiger partial charge in [-0.1, -0.05) is 20.8 Å². The monoisotopic (exact) mass is 340 g/mol. The SMILES string of the molecule is CC(C)(C)[Si](C)(C)OC(CC(=O)O)(C(F)(F)F)C(F)(F)F. The maximum Gasteiger partial charge on any atom is 0.425 e. The quantitative estimate of drug-likeness (QED) is 0.611. The normalized spacial score (nSPS) is 15.2. The largest absolute Gasteiger partial charge is 0.481 e. The van der Waals surface area contributed by atoms with E-state index in [1.807, 2.05) is 0 Å². The highest BCUT2D eigenvalue weighted by molar-refractivity contribution is 6.74. The molecule has 0 aromatic rings. The van der Waals surface area contributed by atoms with Crippen LogP contribution in [0.1, 0.15) is 27.2 Å². The van der Waals surface area contributed by atoms with Crippen molar-refractivity contribution in [3.05, 3.63) is 0 Å². The number of halogens is 6. The molecule has 0 atom stereocenters. The summed E-state index contributed by atoms with van der Waals surface area (Å²) < 4.78 is 82.9. The molecule has 0 radical (unpaired) electrons. The molecule has 10 heteroatoms. The molecule has 0 spiro atoms. The first-order valence-corrected chi connectivity index (χ1v) is 8.84. The van der Waals surface area contributed by atoms with Crippen LogP contribution in [0.4, 0.5) is 26.3 Å². The smallest absolute Gasteiger partial charge is 0.425 e. The third-order valence-corrected chi connectivity index (χ3v) is 8.02.